The van der Waals surface area contributed by atoms with Crippen LogP contribution in [-0.4, -0.2) is 26.9 Å². The van der Waals surface area contributed by atoms with Crippen molar-refractivity contribution in [3.8, 4) is 0 Å². The second kappa shape index (κ2) is 3.86. The molecule has 0 aliphatic heterocycles. The molecule has 1 saturated carbocycles. The molecule has 2 rings (SSSR count). The molecule has 1 heterocycles. The second-order valence-corrected chi connectivity index (χ2v) is 4.22. The van der Waals surface area contributed by atoms with Gasteiger partial charge in [0.25, 0.3) is 5.56 Å². The molecule has 2 atom stereocenters. The minimum Gasteiger partial charge on any atom is -0.393 e. The van der Waals surface area contributed by atoms with E-state index in [4.69, 9.17) is 5.11 Å². The zero-order valence-corrected chi connectivity index (χ0v) is 8.65. The average Bonchev–Trinajstić information content (AvgIpc) is 2.62. The minimum absolute atomic E-state index is 0.107. The fourth-order valence-corrected chi connectivity index (χ4v) is 2.15. The van der Waals surface area contributed by atoms with Gasteiger partial charge in [0.05, 0.1) is 6.61 Å². The maximum Gasteiger partial charge on any atom is 0.328 e. The molecule has 2 N–H and O–H groups in total. The highest BCUT2D eigenvalue weighted by Crippen LogP contribution is 2.39. The topological polar surface area (TPSA) is 75.1 Å². The van der Waals surface area contributed by atoms with Gasteiger partial charge < -0.3 is 5.11 Å². The van der Waals surface area contributed by atoms with Crippen LogP contribution in [0.5, 0.6) is 0 Å². The number of halogens is 1. The van der Waals surface area contributed by atoms with Crippen molar-refractivity contribution in [1.29, 1.82) is 0 Å². The van der Waals surface area contributed by atoms with Gasteiger partial charge in [-0.2, -0.15) is 0 Å². The van der Waals surface area contributed by atoms with Gasteiger partial charge in [0.1, 0.15) is 5.67 Å². The van der Waals surface area contributed by atoms with Crippen molar-refractivity contribution >= 4 is 0 Å². The summed E-state index contributed by atoms with van der Waals surface area (Å²) in [6, 6.07) is 0.944. The number of alkyl halides is 1. The number of aromatic nitrogens is 2. The van der Waals surface area contributed by atoms with E-state index in [0.717, 1.165) is 0 Å². The number of aliphatic hydroxyl groups excluding tert-OH is 1. The summed E-state index contributed by atoms with van der Waals surface area (Å²) < 4.78 is 15.1. The number of nitrogens with zero attached hydrogens (tertiary/aromatic N) is 1. The first-order valence-corrected chi connectivity index (χ1v) is 5.15. The summed E-state index contributed by atoms with van der Waals surface area (Å²) in [6.45, 7) is -0.526. The van der Waals surface area contributed by atoms with Crippen LogP contribution in [0.4, 0.5) is 4.39 Å². The molecule has 16 heavy (non-hydrogen) atoms. The Kier molecular flexibility index (Phi) is 2.67. The highest BCUT2D eigenvalue weighted by molar-refractivity contribution is 4.95. The van der Waals surface area contributed by atoms with Crippen LogP contribution in [0.1, 0.15) is 25.3 Å². The molecule has 0 bridgehead atoms. The van der Waals surface area contributed by atoms with E-state index in [1.807, 2.05) is 0 Å². The van der Waals surface area contributed by atoms with Gasteiger partial charge in [0.2, 0.25) is 0 Å². The molecule has 1 aromatic rings. The van der Waals surface area contributed by atoms with E-state index in [-0.39, 0.29) is 18.9 Å². The van der Waals surface area contributed by atoms with Crippen LogP contribution in [0, 0.1) is 0 Å². The largest absolute Gasteiger partial charge is 0.393 e. The molecular formula is C10H13FN2O3. The molecule has 2 unspecified atom stereocenters. The molecule has 0 aromatic carbocycles. The van der Waals surface area contributed by atoms with Gasteiger partial charge in [-0.25, -0.2) is 9.18 Å². The standard InChI is InChI=1S/C10H13FN2O3/c11-10(6-14)3-1-7(5-10)13-4-2-8(15)12-9(13)16/h2,4,7,14H,1,3,5-6H2,(H,12,15,16). The van der Waals surface area contributed by atoms with Gasteiger partial charge in [0, 0.05) is 24.7 Å². The van der Waals surface area contributed by atoms with E-state index < -0.39 is 23.5 Å². The Morgan fingerprint density at radius 1 is 1.62 bits per heavy atom. The van der Waals surface area contributed by atoms with Gasteiger partial charge >= 0.3 is 5.69 Å². The monoisotopic (exact) mass is 228 g/mol. The molecule has 0 radical (unpaired) electrons. The van der Waals surface area contributed by atoms with Crippen LogP contribution in [-0.2, 0) is 0 Å². The summed E-state index contributed by atoms with van der Waals surface area (Å²) in [5.41, 5.74) is -2.59. The number of hydrogen-bond donors (Lipinski definition) is 2. The van der Waals surface area contributed by atoms with E-state index >= 15 is 0 Å². The summed E-state index contributed by atoms with van der Waals surface area (Å²) in [5, 5.41) is 8.88. The Labute approximate surface area is 90.5 Å². The number of hydrogen-bond acceptors (Lipinski definition) is 3. The third kappa shape index (κ3) is 1.92. The molecule has 88 valence electrons. The van der Waals surface area contributed by atoms with Gasteiger partial charge in [-0.3, -0.25) is 14.3 Å². The molecule has 1 aliphatic carbocycles. The van der Waals surface area contributed by atoms with Crippen molar-refractivity contribution in [2.45, 2.75) is 31.0 Å². The molecule has 1 aromatic heterocycles. The SMILES string of the molecule is O=c1ccn(C2CCC(F)(CO)C2)c(=O)[nH]1. The Balaban J connectivity index is 2.27. The third-order valence-electron chi connectivity index (χ3n) is 3.05. The van der Waals surface area contributed by atoms with Crippen molar-refractivity contribution in [3.63, 3.8) is 0 Å². The molecular weight excluding hydrogens is 215 g/mol. The smallest absolute Gasteiger partial charge is 0.328 e. The number of aromatic amines is 1. The zero-order chi connectivity index (χ0) is 11.8. The van der Waals surface area contributed by atoms with E-state index in [1.165, 1.54) is 16.8 Å². The Bertz CT molecular complexity index is 495. The molecule has 1 aliphatic rings. The lowest BCUT2D eigenvalue weighted by Gasteiger charge is -2.17. The summed E-state index contributed by atoms with van der Waals surface area (Å²) >= 11 is 0. The first-order valence-electron chi connectivity index (χ1n) is 5.15. The predicted octanol–water partition coefficient (Wildman–Crippen LogP) is -0.0378. The lowest BCUT2D eigenvalue weighted by molar-refractivity contribution is 0.0738. The van der Waals surface area contributed by atoms with Crippen LogP contribution in [0.3, 0.4) is 0 Å². The summed E-state index contributed by atoms with van der Waals surface area (Å²) in [5.74, 6) is 0. The van der Waals surface area contributed by atoms with Crippen LogP contribution in [0.15, 0.2) is 21.9 Å². The van der Waals surface area contributed by atoms with Gasteiger partial charge in [0.15, 0.2) is 0 Å². The summed E-state index contributed by atoms with van der Waals surface area (Å²) in [4.78, 5) is 24.4. The van der Waals surface area contributed by atoms with E-state index in [1.54, 1.807) is 0 Å². The van der Waals surface area contributed by atoms with Gasteiger partial charge in [-0.05, 0) is 12.8 Å². The third-order valence-corrected chi connectivity index (χ3v) is 3.05. The first kappa shape index (κ1) is 11.1. The summed E-state index contributed by atoms with van der Waals surface area (Å²) in [7, 11) is 0. The van der Waals surface area contributed by atoms with Crippen molar-refractivity contribution in [2.75, 3.05) is 6.61 Å². The normalized spacial score (nSPS) is 29.5. The summed E-state index contributed by atoms with van der Waals surface area (Å²) in [6.07, 6.45) is 2.20. The van der Waals surface area contributed by atoms with E-state index in [9.17, 15) is 14.0 Å². The van der Waals surface area contributed by atoms with Crippen LogP contribution >= 0.6 is 0 Å². The fraction of sp³-hybridized carbons (Fsp3) is 0.600. The number of aliphatic hydroxyl groups is 1. The Hall–Kier alpha value is -1.43. The van der Waals surface area contributed by atoms with Gasteiger partial charge in [-0.15, -0.1) is 0 Å². The Morgan fingerprint density at radius 3 is 2.94 bits per heavy atom. The lowest BCUT2D eigenvalue weighted by Crippen LogP contribution is -2.32. The molecule has 6 heteroatoms. The predicted molar refractivity (Wildman–Crippen MR) is 55.1 cm³/mol. The van der Waals surface area contributed by atoms with Crippen molar-refractivity contribution in [1.82, 2.24) is 9.55 Å². The Morgan fingerprint density at radius 2 is 2.38 bits per heavy atom. The second-order valence-electron chi connectivity index (χ2n) is 4.22. The molecule has 0 spiro atoms. The average molecular weight is 228 g/mol. The maximum absolute atomic E-state index is 13.8. The number of nitrogens with one attached hydrogen (secondary N) is 1. The number of H-pyrrole nitrogens is 1. The number of rotatable bonds is 2. The zero-order valence-electron chi connectivity index (χ0n) is 8.65. The van der Waals surface area contributed by atoms with Crippen molar-refractivity contribution < 1.29 is 9.50 Å². The molecule has 5 nitrogen and oxygen atoms in total. The van der Waals surface area contributed by atoms with Crippen molar-refractivity contribution in [3.05, 3.63) is 33.1 Å². The van der Waals surface area contributed by atoms with Gasteiger partial charge in [-0.1, -0.05) is 0 Å². The fourth-order valence-electron chi connectivity index (χ4n) is 2.15. The van der Waals surface area contributed by atoms with Crippen LogP contribution in [0.2, 0.25) is 0 Å². The van der Waals surface area contributed by atoms with Crippen LogP contribution < -0.4 is 11.2 Å². The maximum atomic E-state index is 13.8. The van der Waals surface area contributed by atoms with E-state index in [2.05, 4.69) is 4.98 Å². The quantitative estimate of drug-likeness (QED) is 0.746. The molecule has 0 amide bonds. The lowest BCUT2D eigenvalue weighted by atomic mass is 10.1. The highest BCUT2D eigenvalue weighted by atomic mass is 19.1. The van der Waals surface area contributed by atoms with Crippen LogP contribution in [0.25, 0.3) is 0 Å². The first-order chi connectivity index (χ1) is 7.54. The van der Waals surface area contributed by atoms with E-state index in [0.29, 0.717) is 6.42 Å². The van der Waals surface area contributed by atoms with Crippen molar-refractivity contribution in [2.24, 2.45) is 0 Å². The molecule has 0 saturated heterocycles. The molecule has 1 fully saturated rings. The minimum atomic E-state index is -1.60. The highest BCUT2D eigenvalue weighted by Gasteiger charge is 2.39.